The van der Waals surface area contributed by atoms with Crippen molar-refractivity contribution < 1.29 is 14.3 Å². The zero-order valence-corrected chi connectivity index (χ0v) is 20.8. The number of anilines is 1. The van der Waals surface area contributed by atoms with Crippen molar-refractivity contribution in [1.29, 1.82) is 0 Å². The fourth-order valence-corrected chi connectivity index (χ4v) is 3.35. The highest BCUT2D eigenvalue weighted by atomic mass is 16.6. The number of hydrogen-bond donors (Lipinski definition) is 3. The summed E-state index contributed by atoms with van der Waals surface area (Å²) in [5.74, 6) is 0.539. The van der Waals surface area contributed by atoms with Gasteiger partial charge in [0.1, 0.15) is 17.5 Å². The molecule has 0 aliphatic heterocycles. The second-order valence-electron chi connectivity index (χ2n) is 9.12. The second-order valence-corrected chi connectivity index (χ2v) is 9.12. The quantitative estimate of drug-likeness (QED) is 0.296. The van der Waals surface area contributed by atoms with Crippen LogP contribution in [0.1, 0.15) is 65.1 Å². The predicted molar refractivity (Wildman–Crippen MR) is 130 cm³/mol. The summed E-state index contributed by atoms with van der Waals surface area (Å²) in [4.78, 5) is 30.3. The average Bonchev–Trinajstić information content (AvgIpc) is 2.72. The molecule has 1 aromatic rings. The number of nitrogens with zero attached hydrogens (tertiary/aromatic N) is 2. The molecule has 1 heterocycles. The number of aromatic nitrogens is 1. The van der Waals surface area contributed by atoms with Gasteiger partial charge in [-0.3, -0.25) is 9.59 Å². The van der Waals surface area contributed by atoms with Gasteiger partial charge in [0.2, 0.25) is 5.91 Å². The molecule has 1 amide bonds. The summed E-state index contributed by atoms with van der Waals surface area (Å²) in [5.41, 5.74) is 7.81. The maximum absolute atomic E-state index is 12.2. The van der Waals surface area contributed by atoms with Gasteiger partial charge in [-0.1, -0.05) is 13.0 Å². The first-order valence-corrected chi connectivity index (χ1v) is 11.7. The van der Waals surface area contributed by atoms with Gasteiger partial charge >= 0.3 is 5.97 Å². The van der Waals surface area contributed by atoms with E-state index in [1.807, 2.05) is 27.8 Å². The highest BCUT2D eigenvalue weighted by Crippen LogP contribution is 2.15. The Labute approximate surface area is 193 Å². The maximum atomic E-state index is 12.2. The first kappa shape index (κ1) is 27.8. The summed E-state index contributed by atoms with van der Waals surface area (Å²) in [6.07, 6.45) is 4.39. The van der Waals surface area contributed by atoms with Crippen molar-refractivity contribution in [3.05, 3.63) is 23.4 Å². The number of esters is 1. The zero-order valence-electron chi connectivity index (χ0n) is 20.8. The Balaban J connectivity index is 2.53. The Kier molecular flexibility index (Phi) is 12.2. The zero-order chi connectivity index (χ0) is 24.1. The molecule has 1 aromatic heterocycles. The number of pyridine rings is 1. The van der Waals surface area contributed by atoms with E-state index in [9.17, 15) is 9.59 Å². The fourth-order valence-electron chi connectivity index (χ4n) is 3.35. The van der Waals surface area contributed by atoms with Crippen molar-refractivity contribution in [1.82, 2.24) is 15.2 Å². The molecule has 0 fully saturated rings. The van der Waals surface area contributed by atoms with Crippen molar-refractivity contribution in [3.8, 4) is 0 Å². The minimum atomic E-state index is -0.654. The topological polar surface area (TPSA) is 110 Å². The monoisotopic (exact) mass is 449 g/mol. The molecule has 0 saturated carbocycles. The number of unbranched alkanes of at least 4 members (excludes halogenated alkanes) is 1. The Bertz CT molecular complexity index is 718. The van der Waals surface area contributed by atoms with Crippen LogP contribution in [0.4, 0.5) is 5.82 Å². The molecule has 1 atom stereocenters. The standard InChI is InChI=1S/C24H43N5O3/c1-7-19-11-12-20(28-22(19)26-6)10-8-9-15-29(17-14-27-18(2)30)16-13-21(25)23(31)32-24(3,4)5/h11-12,21H,7-10,13-17,25H2,1-6H3,(H,26,28)(H,27,30). The number of nitrogens with two attached hydrogens (primary N) is 1. The van der Waals surface area contributed by atoms with Gasteiger partial charge in [0, 0.05) is 39.3 Å². The van der Waals surface area contributed by atoms with Crippen molar-refractivity contribution in [2.75, 3.05) is 38.5 Å². The molecule has 8 heteroatoms. The largest absolute Gasteiger partial charge is 0.459 e. The third-order valence-electron chi connectivity index (χ3n) is 5.08. The smallest absolute Gasteiger partial charge is 0.323 e. The number of ether oxygens (including phenoxy) is 1. The Morgan fingerprint density at radius 3 is 2.50 bits per heavy atom. The van der Waals surface area contributed by atoms with Gasteiger partial charge in [-0.15, -0.1) is 0 Å². The van der Waals surface area contributed by atoms with Crippen LogP contribution in [0.3, 0.4) is 0 Å². The highest BCUT2D eigenvalue weighted by Gasteiger charge is 2.22. The average molecular weight is 450 g/mol. The van der Waals surface area contributed by atoms with Crippen molar-refractivity contribution >= 4 is 17.7 Å². The summed E-state index contributed by atoms with van der Waals surface area (Å²) in [5, 5.41) is 6.01. The van der Waals surface area contributed by atoms with Gasteiger partial charge < -0.3 is 26.0 Å². The van der Waals surface area contributed by atoms with Crippen LogP contribution < -0.4 is 16.4 Å². The summed E-state index contributed by atoms with van der Waals surface area (Å²) < 4.78 is 5.38. The Hall–Kier alpha value is -2.19. The van der Waals surface area contributed by atoms with Crippen LogP contribution in [-0.2, 0) is 27.2 Å². The molecule has 0 aliphatic carbocycles. The van der Waals surface area contributed by atoms with Gasteiger partial charge in [-0.25, -0.2) is 4.98 Å². The number of aryl methyl sites for hydroxylation is 2. The van der Waals surface area contributed by atoms with Crippen LogP contribution in [0.2, 0.25) is 0 Å². The van der Waals surface area contributed by atoms with E-state index < -0.39 is 11.6 Å². The predicted octanol–water partition coefficient (Wildman–Crippen LogP) is 2.51. The number of amides is 1. The Morgan fingerprint density at radius 1 is 1.19 bits per heavy atom. The Morgan fingerprint density at radius 2 is 1.91 bits per heavy atom. The second kappa shape index (κ2) is 14.1. The van der Waals surface area contributed by atoms with Crippen LogP contribution >= 0.6 is 0 Å². The van der Waals surface area contributed by atoms with E-state index in [1.165, 1.54) is 12.5 Å². The molecule has 0 spiro atoms. The van der Waals surface area contributed by atoms with Gasteiger partial charge in [0.25, 0.3) is 0 Å². The summed E-state index contributed by atoms with van der Waals surface area (Å²) in [6, 6.07) is 3.60. The molecule has 1 unspecified atom stereocenters. The minimum absolute atomic E-state index is 0.0441. The van der Waals surface area contributed by atoms with Crippen LogP contribution in [-0.4, -0.2) is 66.6 Å². The lowest BCUT2D eigenvalue weighted by atomic mass is 10.1. The van der Waals surface area contributed by atoms with Gasteiger partial charge in [0.05, 0.1) is 0 Å². The van der Waals surface area contributed by atoms with E-state index >= 15 is 0 Å². The molecule has 0 saturated heterocycles. The molecule has 0 aromatic carbocycles. The molecule has 32 heavy (non-hydrogen) atoms. The van der Waals surface area contributed by atoms with E-state index in [0.717, 1.165) is 43.7 Å². The summed E-state index contributed by atoms with van der Waals surface area (Å²) >= 11 is 0. The first-order valence-electron chi connectivity index (χ1n) is 11.7. The number of carbonyl (C=O) groups excluding carboxylic acids is 2. The first-order chi connectivity index (χ1) is 15.1. The third kappa shape index (κ3) is 11.4. The van der Waals surface area contributed by atoms with Crippen molar-refractivity contribution in [3.63, 3.8) is 0 Å². The molecular formula is C24H43N5O3. The van der Waals surface area contributed by atoms with Gasteiger partial charge in [0.15, 0.2) is 0 Å². The molecule has 8 nitrogen and oxygen atoms in total. The highest BCUT2D eigenvalue weighted by molar-refractivity contribution is 5.75. The SMILES string of the molecule is CCc1ccc(CCCCN(CCNC(C)=O)CCC(N)C(=O)OC(C)(C)C)nc1NC. The maximum Gasteiger partial charge on any atom is 0.323 e. The lowest BCUT2D eigenvalue weighted by Crippen LogP contribution is -2.41. The van der Waals surface area contributed by atoms with Gasteiger partial charge in [-0.05, 0) is 71.0 Å². The van der Waals surface area contributed by atoms with E-state index in [1.54, 1.807) is 0 Å². The van der Waals surface area contributed by atoms with E-state index in [0.29, 0.717) is 26.1 Å². The molecule has 4 N–H and O–H groups in total. The van der Waals surface area contributed by atoms with Crippen LogP contribution in [0.25, 0.3) is 0 Å². The summed E-state index contributed by atoms with van der Waals surface area (Å²) in [7, 11) is 1.90. The van der Waals surface area contributed by atoms with Crippen LogP contribution in [0.15, 0.2) is 12.1 Å². The molecule has 1 rings (SSSR count). The normalized spacial score (nSPS) is 12.5. The third-order valence-corrected chi connectivity index (χ3v) is 5.08. The van der Waals surface area contributed by atoms with E-state index in [-0.39, 0.29) is 11.9 Å². The molecule has 0 radical (unpaired) electrons. The van der Waals surface area contributed by atoms with Crippen molar-refractivity contribution in [2.45, 2.75) is 78.4 Å². The minimum Gasteiger partial charge on any atom is -0.459 e. The van der Waals surface area contributed by atoms with E-state index in [4.69, 9.17) is 15.5 Å². The van der Waals surface area contributed by atoms with E-state index in [2.05, 4.69) is 34.6 Å². The van der Waals surface area contributed by atoms with Crippen LogP contribution in [0.5, 0.6) is 0 Å². The summed E-state index contributed by atoms with van der Waals surface area (Å²) in [6.45, 7) is 12.0. The number of rotatable bonds is 14. The van der Waals surface area contributed by atoms with Crippen LogP contribution in [0, 0.1) is 0 Å². The number of carbonyl (C=O) groups is 2. The number of nitrogens with one attached hydrogen (secondary N) is 2. The fraction of sp³-hybridized carbons (Fsp3) is 0.708. The lowest BCUT2D eigenvalue weighted by molar-refractivity contribution is -0.156. The van der Waals surface area contributed by atoms with Crippen molar-refractivity contribution in [2.24, 2.45) is 5.73 Å². The molecular weight excluding hydrogens is 406 g/mol. The molecule has 0 aliphatic rings. The molecule has 0 bridgehead atoms. The number of hydrogen-bond acceptors (Lipinski definition) is 7. The van der Waals surface area contributed by atoms with Gasteiger partial charge in [-0.2, -0.15) is 0 Å². The lowest BCUT2D eigenvalue weighted by Gasteiger charge is -2.25. The molecule has 182 valence electrons.